The van der Waals surface area contributed by atoms with Gasteiger partial charge in [-0.25, -0.2) is 0 Å². The van der Waals surface area contributed by atoms with Crippen LogP contribution in [0.25, 0.3) is 0 Å². The molecule has 1 heterocycles. The molecular weight excluding hydrogens is 392 g/mol. The lowest BCUT2D eigenvalue weighted by Crippen LogP contribution is -2.46. The molecule has 0 radical (unpaired) electrons. The number of benzene rings is 1. The van der Waals surface area contributed by atoms with Gasteiger partial charge in [-0.3, -0.25) is 4.79 Å². The fourth-order valence-electron chi connectivity index (χ4n) is 3.40. The van der Waals surface area contributed by atoms with Gasteiger partial charge in [-0.15, -0.1) is 10.2 Å². The number of aromatic nitrogens is 2. The molecule has 0 bridgehead atoms. The van der Waals surface area contributed by atoms with Crippen molar-refractivity contribution in [1.29, 1.82) is 0 Å². The summed E-state index contributed by atoms with van der Waals surface area (Å²) in [5.74, 6) is 2.07. The Balaban J connectivity index is 1.52. The lowest BCUT2D eigenvalue weighted by Gasteiger charge is -2.35. The van der Waals surface area contributed by atoms with E-state index in [9.17, 15) is 4.79 Å². The molecule has 1 aliphatic carbocycles. The van der Waals surface area contributed by atoms with E-state index in [2.05, 4.69) is 34.7 Å². The van der Waals surface area contributed by atoms with Crippen LogP contribution in [0.5, 0.6) is 5.75 Å². The van der Waals surface area contributed by atoms with Gasteiger partial charge in [0.05, 0.1) is 12.4 Å². The van der Waals surface area contributed by atoms with Crippen LogP contribution in [0.1, 0.15) is 40.0 Å². The molecule has 0 aliphatic heterocycles. The van der Waals surface area contributed by atoms with Gasteiger partial charge in [0.25, 0.3) is 0 Å². The van der Waals surface area contributed by atoms with Crippen molar-refractivity contribution in [2.45, 2.75) is 55.7 Å². The van der Waals surface area contributed by atoms with Crippen molar-refractivity contribution in [3.05, 3.63) is 24.3 Å². The van der Waals surface area contributed by atoms with Crippen LogP contribution in [0, 0.1) is 11.8 Å². The molecule has 2 aromatic rings. The van der Waals surface area contributed by atoms with E-state index in [1.54, 1.807) is 7.11 Å². The molecule has 2 N–H and O–H groups in total. The van der Waals surface area contributed by atoms with E-state index in [0.717, 1.165) is 22.2 Å². The van der Waals surface area contributed by atoms with Crippen LogP contribution in [0.2, 0.25) is 0 Å². The zero-order valence-electron chi connectivity index (χ0n) is 16.8. The summed E-state index contributed by atoms with van der Waals surface area (Å²) in [7, 11) is 1.64. The molecule has 6 nitrogen and oxygen atoms in total. The maximum atomic E-state index is 12.6. The van der Waals surface area contributed by atoms with Gasteiger partial charge in [0.1, 0.15) is 5.75 Å². The highest BCUT2D eigenvalue weighted by Crippen LogP contribution is 2.32. The summed E-state index contributed by atoms with van der Waals surface area (Å²) in [6, 6.07) is 7.91. The van der Waals surface area contributed by atoms with Crippen molar-refractivity contribution in [2.24, 2.45) is 11.8 Å². The highest BCUT2D eigenvalue weighted by molar-refractivity contribution is 8.02. The molecule has 1 aromatic heterocycles. The first-order valence-corrected chi connectivity index (χ1v) is 11.4. The molecule has 1 aliphatic rings. The highest BCUT2D eigenvalue weighted by atomic mass is 32.2. The molecule has 1 saturated carbocycles. The van der Waals surface area contributed by atoms with Gasteiger partial charge >= 0.3 is 0 Å². The summed E-state index contributed by atoms with van der Waals surface area (Å²) in [5, 5.41) is 15.4. The number of nitrogens with one attached hydrogen (secondary N) is 2. The second kappa shape index (κ2) is 9.60. The predicted molar refractivity (Wildman–Crippen MR) is 116 cm³/mol. The molecule has 28 heavy (non-hydrogen) atoms. The first-order valence-electron chi connectivity index (χ1n) is 9.68. The van der Waals surface area contributed by atoms with Crippen LogP contribution < -0.4 is 15.4 Å². The molecule has 1 fully saturated rings. The summed E-state index contributed by atoms with van der Waals surface area (Å²) in [6.45, 7) is 6.45. The molecule has 1 amide bonds. The number of anilines is 2. The average Bonchev–Trinajstić information content (AvgIpc) is 3.12. The van der Waals surface area contributed by atoms with Crippen molar-refractivity contribution in [2.75, 3.05) is 12.4 Å². The van der Waals surface area contributed by atoms with Gasteiger partial charge in [-0.2, -0.15) is 0 Å². The Morgan fingerprint density at radius 1 is 1.25 bits per heavy atom. The van der Waals surface area contributed by atoms with Crippen molar-refractivity contribution in [1.82, 2.24) is 15.5 Å². The van der Waals surface area contributed by atoms with E-state index in [4.69, 9.17) is 4.74 Å². The van der Waals surface area contributed by atoms with Crippen molar-refractivity contribution >= 4 is 39.8 Å². The zero-order valence-corrected chi connectivity index (χ0v) is 18.4. The van der Waals surface area contributed by atoms with Gasteiger partial charge < -0.3 is 15.4 Å². The third kappa shape index (κ3) is 5.38. The number of carbonyl (C=O) groups excluding carboxylic acids is 1. The second-order valence-corrected chi connectivity index (χ2v) is 9.93. The topological polar surface area (TPSA) is 76.1 Å². The molecular formula is C20H28N4O2S2. The molecule has 152 valence electrons. The fourth-order valence-corrected chi connectivity index (χ4v) is 5.32. The van der Waals surface area contributed by atoms with E-state index in [1.165, 1.54) is 35.9 Å². The summed E-state index contributed by atoms with van der Waals surface area (Å²) in [6.07, 6.45) is 3.52. The first-order chi connectivity index (χ1) is 13.5. The summed E-state index contributed by atoms with van der Waals surface area (Å²) in [4.78, 5) is 12.6. The van der Waals surface area contributed by atoms with Gasteiger partial charge in [-0.05, 0) is 49.4 Å². The smallest absolute Gasteiger partial charge is 0.233 e. The second-order valence-electron chi connectivity index (χ2n) is 7.37. The molecule has 8 heteroatoms. The highest BCUT2D eigenvalue weighted by Gasteiger charge is 2.29. The molecule has 0 unspecified atom stereocenters. The van der Waals surface area contributed by atoms with Crippen LogP contribution in [0.3, 0.4) is 0 Å². The summed E-state index contributed by atoms with van der Waals surface area (Å²) in [5.41, 5.74) is 0.916. The standard InChI is InChI=1S/C20H28N4O2S2/c1-12-6-5-7-17(13(12)2)22-18(25)14(3)27-20-24-23-19(28-20)21-15-8-10-16(26-4)11-9-15/h8-14,17H,5-7H2,1-4H3,(H,21,23)(H,22,25)/t12-,13+,14+,17+/m0/s1. The minimum absolute atomic E-state index is 0.0795. The van der Waals surface area contributed by atoms with Crippen LogP contribution in [0.4, 0.5) is 10.8 Å². The number of hydrogen-bond acceptors (Lipinski definition) is 7. The molecule has 0 saturated heterocycles. The fraction of sp³-hybridized carbons (Fsp3) is 0.550. The lowest BCUT2D eigenvalue weighted by molar-refractivity contribution is -0.121. The first kappa shape index (κ1) is 20.9. The molecule has 0 spiro atoms. The number of hydrogen-bond donors (Lipinski definition) is 2. The van der Waals surface area contributed by atoms with E-state index >= 15 is 0 Å². The van der Waals surface area contributed by atoms with Crippen molar-refractivity contribution in [3.63, 3.8) is 0 Å². The van der Waals surface area contributed by atoms with E-state index in [0.29, 0.717) is 17.0 Å². The number of methoxy groups -OCH3 is 1. The zero-order chi connectivity index (χ0) is 20.1. The van der Waals surface area contributed by atoms with Gasteiger partial charge in [0, 0.05) is 11.7 Å². The monoisotopic (exact) mass is 420 g/mol. The largest absolute Gasteiger partial charge is 0.497 e. The van der Waals surface area contributed by atoms with Crippen molar-refractivity contribution < 1.29 is 9.53 Å². The SMILES string of the molecule is COc1ccc(Nc2nnc(S[C@H](C)C(=O)N[C@@H]3CCC[C@H](C)[C@H]3C)s2)cc1. The third-order valence-corrected chi connectivity index (χ3v) is 7.45. The van der Waals surface area contributed by atoms with Crippen LogP contribution in [0.15, 0.2) is 28.6 Å². The Morgan fingerprint density at radius 3 is 2.71 bits per heavy atom. The number of nitrogens with zero attached hydrogens (tertiary/aromatic N) is 2. The van der Waals surface area contributed by atoms with Crippen LogP contribution in [-0.4, -0.2) is 34.5 Å². The molecule has 3 rings (SSSR count). The number of carbonyl (C=O) groups is 1. The Hall–Kier alpha value is -1.80. The Kier molecular flexibility index (Phi) is 7.18. The molecule has 1 aromatic carbocycles. The minimum atomic E-state index is -0.203. The Bertz CT molecular complexity index is 781. The number of ether oxygens (including phenoxy) is 1. The number of thioether (sulfide) groups is 1. The van der Waals surface area contributed by atoms with Gasteiger partial charge in [-0.1, -0.05) is 49.8 Å². The quantitative estimate of drug-likeness (QED) is 0.632. The maximum Gasteiger partial charge on any atom is 0.233 e. The Labute approximate surface area is 174 Å². The third-order valence-electron chi connectivity index (χ3n) is 5.43. The molecule has 4 atom stereocenters. The number of amides is 1. The number of rotatable bonds is 7. The van der Waals surface area contributed by atoms with E-state index in [1.807, 2.05) is 31.2 Å². The minimum Gasteiger partial charge on any atom is -0.497 e. The van der Waals surface area contributed by atoms with Gasteiger partial charge in [0.15, 0.2) is 4.34 Å². The average molecular weight is 421 g/mol. The lowest BCUT2D eigenvalue weighted by atomic mass is 9.78. The normalized spacial score (nSPS) is 23.1. The maximum absolute atomic E-state index is 12.6. The van der Waals surface area contributed by atoms with Crippen LogP contribution >= 0.6 is 23.1 Å². The van der Waals surface area contributed by atoms with Crippen LogP contribution in [-0.2, 0) is 4.79 Å². The van der Waals surface area contributed by atoms with E-state index in [-0.39, 0.29) is 17.2 Å². The van der Waals surface area contributed by atoms with Crippen molar-refractivity contribution in [3.8, 4) is 5.75 Å². The van der Waals surface area contributed by atoms with Gasteiger partial charge in [0.2, 0.25) is 11.0 Å². The summed E-state index contributed by atoms with van der Waals surface area (Å²) >= 11 is 2.90. The van der Waals surface area contributed by atoms with E-state index < -0.39 is 0 Å². The predicted octanol–water partition coefficient (Wildman–Crippen LogP) is 4.71. The summed E-state index contributed by atoms with van der Waals surface area (Å²) < 4.78 is 5.94. The Morgan fingerprint density at radius 2 is 2.00 bits per heavy atom.